The second kappa shape index (κ2) is 7.91. The zero-order valence-corrected chi connectivity index (χ0v) is 17.2. The number of carbonyl (C=O) groups excluding carboxylic acids is 1. The number of hydrogen-bond donors (Lipinski definition) is 1. The Morgan fingerprint density at radius 2 is 2.03 bits per heavy atom. The summed E-state index contributed by atoms with van der Waals surface area (Å²) in [6, 6.07) is 12.5. The van der Waals surface area contributed by atoms with E-state index in [1.807, 2.05) is 37.4 Å². The maximum Gasteiger partial charge on any atom is 0.232 e. The molecule has 3 heterocycles. The van der Waals surface area contributed by atoms with Crippen molar-refractivity contribution >= 4 is 23.1 Å². The Morgan fingerprint density at radius 1 is 1.24 bits per heavy atom. The number of aromatic nitrogens is 2. The lowest BCUT2D eigenvalue weighted by molar-refractivity contribution is -0.126. The predicted molar refractivity (Wildman–Crippen MR) is 114 cm³/mol. The summed E-state index contributed by atoms with van der Waals surface area (Å²) in [5, 5.41) is 5.59. The first-order valence-electron chi connectivity index (χ1n) is 9.63. The van der Waals surface area contributed by atoms with Crippen molar-refractivity contribution in [2.45, 2.75) is 31.7 Å². The van der Waals surface area contributed by atoms with Crippen LogP contribution in [0.3, 0.4) is 0 Å². The highest BCUT2D eigenvalue weighted by atomic mass is 32.1. The van der Waals surface area contributed by atoms with Crippen LogP contribution in [0.1, 0.15) is 26.0 Å². The molecule has 1 amide bonds. The highest BCUT2D eigenvalue weighted by Crippen LogP contribution is 2.32. The van der Waals surface area contributed by atoms with Gasteiger partial charge in [0, 0.05) is 36.3 Å². The number of anilines is 1. The number of benzene rings is 1. The van der Waals surface area contributed by atoms with Crippen LogP contribution in [-0.2, 0) is 10.2 Å². The Morgan fingerprint density at radius 3 is 2.79 bits per heavy atom. The topological polar surface area (TPSA) is 58.1 Å². The number of nitrogens with one attached hydrogen (secondary N) is 1. The molecule has 1 N–H and O–H groups in total. The van der Waals surface area contributed by atoms with Crippen molar-refractivity contribution in [1.29, 1.82) is 0 Å². The van der Waals surface area contributed by atoms with Crippen LogP contribution >= 0.6 is 11.3 Å². The molecule has 0 spiro atoms. The van der Waals surface area contributed by atoms with E-state index < -0.39 is 5.41 Å². The predicted octanol–water partition coefficient (Wildman–Crippen LogP) is 4.02. The van der Waals surface area contributed by atoms with E-state index in [4.69, 9.17) is 0 Å². The second-order valence-electron chi connectivity index (χ2n) is 7.74. The van der Waals surface area contributed by atoms with Gasteiger partial charge in [0.05, 0.1) is 11.1 Å². The molecule has 3 aromatic rings. The molecular weight excluding hydrogens is 387 g/mol. The Balaban J connectivity index is 1.44. The number of halogens is 1. The number of rotatable bonds is 5. The van der Waals surface area contributed by atoms with Gasteiger partial charge in [-0.25, -0.2) is 14.4 Å². The van der Waals surface area contributed by atoms with E-state index in [2.05, 4.69) is 20.2 Å². The lowest BCUT2D eigenvalue weighted by Gasteiger charge is -2.24. The third kappa shape index (κ3) is 4.00. The van der Waals surface area contributed by atoms with E-state index in [9.17, 15) is 9.18 Å². The van der Waals surface area contributed by atoms with Crippen molar-refractivity contribution in [3.8, 4) is 10.6 Å². The molecule has 1 fully saturated rings. The lowest BCUT2D eigenvalue weighted by Crippen LogP contribution is -2.46. The van der Waals surface area contributed by atoms with Crippen LogP contribution in [0.15, 0.2) is 54.0 Å². The fraction of sp³-hybridized carbons (Fsp3) is 0.318. The van der Waals surface area contributed by atoms with Crippen molar-refractivity contribution in [3.63, 3.8) is 0 Å². The minimum atomic E-state index is -0.807. The minimum Gasteiger partial charge on any atom is -0.354 e. The largest absolute Gasteiger partial charge is 0.354 e. The van der Waals surface area contributed by atoms with Crippen LogP contribution in [0.2, 0.25) is 0 Å². The molecule has 2 aromatic heterocycles. The molecule has 0 aliphatic carbocycles. The summed E-state index contributed by atoms with van der Waals surface area (Å²) >= 11 is 1.35. The summed E-state index contributed by atoms with van der Waals surface area (Å²) in [5.41, 5.74) is 0.304. The van der Waals surface area contributed by atoms with Gasteiger partial charge in [-0.15, -0.1) is 11.3 Å². The average Bonchev–Trinajstić information content (AvgIpc) is 3.39. The van der Waals surface area contributed by atoms with Gasteiger partial charge in [0.25, 0.3) is 0 Å². The number of hydrogen-bond acceptors (Lipinski definition) is 5. The van der Waals surface area contributed by atoms with Gasteiger partial charge in [0.15, 0.2) is 0 Å². The van der Waals surface area contributed by atoms with Crippen LogP contribution in [-0.4, -0.2) is 35.0 Å². The maximum atomic E-state index is 14.1. The second-order valence-corrected chi connectivity index (χ2v) is 8.59. The molecular formula is C22H23FN4OS. The molecule has 1 aromatic carbocycles. The number of pyridine rings is 1. The van der Waals surface area contributed by atoms with Crippen LogP contribution in [0.4, 0.5) is 10.2 Å². The molecule has 1 atom stereocenters. The summed E-state index contributed by atoms with van der Waals surface area (Å²) in [6.07, 6.45) is 2.65. The summed E-state index contributed by atoms with van der Waals surface area (Å²) in [4.78, 5) is 24.2. The molecule has 7 heteroatoms. The van der Waals surface area contributed by atoms with Crippen molar-refractivity contribution in [1.82, 2.24) is 15.3 Å². The van der Waals surface area contributed by atoms with Crippen LogP contribution in [0.5, 0.6) is 0 Å². The smallest absolute Gasteiger partial charge is 0.232 e. The fourth-order valence-corrected chi connectivity index (χ4v) is 4.44. The van der Waals surface area contributed by atoms with Gasteiger partial charge in [-0.2, -0.15) is 0 Å². The molecule has 4 rings (SSSR count). The van der Waals surface area contributed by atoms with Crippen molar-refractivity contribution in [3.05, 3.63) is 65.6 Å². The van der Waals surface area contributed by atoms with Crippen LogP contribution in [0.25, 0.3) is 10.6 Å². The molecule has 1 aliphatic heterocycles. The SMILES string of the molecule is CC(C)(C(=O)NC1CCN(c2ccccn2)C1)c1csc(-c2ccccc2F)n1. The van der Waals surface area contributed by atoms with Gasteiger partial charge >= 0.3 is 0 Å². The minimum absolute atomic E-state index is 0.0634. The van der Waals surface area contributed by atoms with E-state index in [0.717, 1.165) is 25.3 Å². The molecule has 1 aliphatic rings. The Labute approximate surface area is 173 Å². The molecule has 0 radical (unpaired) electrons. The van der Waals surface area contributed by atoms with Gasteiger partial charge in [0.1, 0.15) is 16.6 Å². The third-order valence-corrected chi connectivity index (χ3v) is 6.19. The highest BCUT2D eigenvalue weighted by Gasteiger charge is 2.35. The zero-order valence-electron chi connectivity index (χ0n) is 16.4. The normalized spacial score (nSPS) is 16.8. The Hall–Kier alpha value is -2.80. The van der Waals surface area contributed by atoms with Gasteiger partial charge in [-0.05, 0) is 44.5 Å². The van der Waals surface area contributed by atoms with E-state index in [-0.39, 0.29) is 17.8 Å². The van der Waals surface area contributed by atoms with E-state index in [1.54, 1.807) is 24.4 Å². The fourth-order valence-electron chi connectivity index (χ4n) is 3.43. The average molecular weight is 411 g/mol. The number of carbonyl (C=O) groups is 1. The van der Waals surface area contributed by atoms with E-state index in [0.29, 0.717) is 16.3 Å². The first kappa shape index (κ1) is 19.5. The zero-order chi connectivity index (χ0) is 20.4. The first-order chi connectivity index (χ1) is 13.9. The summed E-state index contributed by atoms with van der Waals surface area (Å²) in [7, 11) is 0. The first-order valence-corrected chi connectivity index (χ1v) is 10.5. The standard InChI is InChI=1S/C22H23FN4OS/c1-22(2,18-14-29-20(26-18)16-7-3-4-8-17(16)23)21(28)25-15-10-12-27(13-15)19-9-5-6-11-24-19/h3-9,11,14-15H,10,12-13H2,1-2H3,(H,25,28). The molecule has 1 unspecified atom stereocenters. The summed E-state index contributed by atoms with van der Waals surface area (Å²) in [6.45, 7) is 5.30. The molecule has 0 saturated carbocycles. The van der Waals surface area contributed by atoms with Crippen molar-refractivity contribution in [2.75, 3.05) is 18.0 Å². The molecule has 0 bridgehead atoms. The monoisotopic (exact) mass is 410 g/mol. The van der Waals surface area contributed by atoms with E-state index >= 15 is 0 Å². The number of thiazole rings is 1. The lowest BCUT2D eigenvalue weighted by atomic mass is 9.88. The van der Waals surface area contributed by atoms with Gasteiger partial charge < -0.3 is 10.2 Å². The highest BCUT2D eigenvalue weighted by molar-refractivity contribution is 7.13. The maximum absolute atomic E-state index is 14.1. The Kier molecular flexibility index (Phi) is 5.32. The van der Waals surface area contributed by atoms with Gasteiger partial charge in [-0.1, -0.05) is 18.2 Å². The molecule has 5 nitrogen and oxygen atoms in total. The molecule has 29 heavy (non-hydrogen) atoms. The molecule has 150 valence electrons. The van der Waals surface area contributed by atoms with Gasteiger partial charge in [0.2, 0.25) is 5.91 Å². The third-order valence-electron chi connectivity index (χ3n) is 5.31. The Bertz CT molecular complexity index is 1000. The van der Waals surface area contributed by atoms with E-state index in [1.165, 1.54) is 17.4 Å². The quantitative estimate of drug-likeness (QED) is 0.690. The van der Waals surface area contributed by atoms with Crippen molar-refractivity contribution < 1.29 is 9.18 Å². The van der Waals surface area contributed by atoms with Crippen LogP contribution in [0, 0.1) is 5.82 Å². The van der Waals surface area contributed by atoms with Gasteiger partial charge in [-0.3, -0.25) is 4.79 Å². The summed E-state index contributed by atoms with van der Waals surface area (Å²) < 4.78 is 14.1. The molecule has 1 saturated heterocycles. The summed E-state index contributed by atoms with van der Waals surface area (Å²) in [5.74, 6) is 0.546. The number of nitrogens with zero attached hydrogens (tertiary/aromatic N) is 3. The van der Waals surface area contributed by atoms with Crippen molar-refractivity contribution in [2.24, 2.45) is 0 Å². The number of amides is 1. The van der Waals surface area contributed by atoms with Crippen LogP contribution < -0.4 is 10.2 Å².